The van der Waals surface area contributed by atoms with Crippen LogP contribution in [0.5, 0.6) is 5.75 Å². The van der Waals surface area contributed by atoms with Crippen molar-refractivity contribution in [2.75, 3.05) is 20.2 Å². The molecule has 21 heavy (non-hydrogen) atoms. The van der Waals surface area contributed by atoms with Gasteiger partial charge in [0, 0.05) is 13.1 Å². The number of benzene rings is 1. The van der Waals surface area contributed by atoms with E-state index in [0.29, 0.717) is 5.75 Å². The molecule has 0 bridgehead atoms. The summed E-state index contributed by atoms with van der Waals surface area (Å²) in [4.78, 5) is 0.190. The molecule has 1 heterocycles. The largest absolute Gasteiger partial charge is 0.497 e. The summed E-state index contributed by atoms with van der Waals surface area (Å²) in [6, 6.07) is 6.11. The van der Waals surface area contributed by atoms with Crippen molar-refractivity contribution in [3.05, 3.63) is 24.3 Å². The van der Waals surface area contributed by atoms with E-state index in [1.165, 1.54) is 23.5 Å². The van der Waals surface area contributed by atoms with Crippen LogP contribution in [0.4, 0.5) is 0 Å². The molecule has 1 aromatic carbocycles. The first-order valence-electron chi connectivity index (χ1n) is 6.56. The van der Waals surface area contributed by atoms with Gasteiger partial charge in [0.15, 0.2) is 9.84 Å². The molecule has 2 rings (SSSR count). The molecule has 0 radical (unpaired) electrons. The number of ether oxygens (including phenoxy) is 1. The third-order valence-corrected chi connectivity index (χ3v) is 7.91. The number of methoxy groups -OCH3 is 1. The predicted octanol–water partition coefficient (Wildman–Crippen LogP) is 0.891. The predicted molar refractivity (Wildman–Crippen MR) is 79.6 cm³/mol. The summed E-state index contributed by atoms with van der Waals surface area (Å²) in [5, 5.41) is -1.22. The number of hydrogen-bond donors (Lipinski definition) is 0. The van der Waals surface area contributed by atoms with Gasteiger partial charge in [0.05, 0.1) is 22.5 Å². The Bertz CT molecular complexity index is 701. The Kier molecular flexibility index (Phi) is 4.32. The lowest BCUT2D eigenvalue weighted by Crippen LogP contribution is -2.58. The summed E-state index contributed by atoms with van der Waals surface area (Å²) in [5.41, 5.74) is 0. The molecule has 1 saturated heterocycles. The normalized spacial score (nSPS) is 17.7. The first kappa shape index (κ1) is 16.3. The van der Waals surface area contributed by atoms with E-state index in [9.17, 15) is 16.8 Å². The lowest BCUT2D eigenvalue weighted by atomic mass is 10.3. The van der Waals surface area contributed by atoms with Crippen molar-refractivity contribution in [2.45, 2.75) is 29.2 Å². The van der Waals surface area contributed by atoms with Gasteiger partial charge in [-0.2, -0.15) is 4.31 Å². The van der Waals surface area contributed by atoms with Crippen molar-refractivity contribution in [2.24, 2.45) is 0 Å². The molecule has 0 amide bonds. The van der Waals surface area contributed by atoms with Gasteiger partial charge in [0.25, 0.3) is 0 Å². The first-order chi connectivity index (χ1) is 9.69. The third-order valence-electron chi connectivity index (χ3n) is 3.60. The summed E-state index contributed by atoms with van der Waals surface area (Å²) >= 11 is 0. The molecule has 1 fully saturated rings. The molecule has 6 nitrogen and oxygen atoms in total. The van der Waals surface area contributed by atoms with Gasteiger partial charge < -0.3 is 4.74 Å². The van der Waals surface area contributed by atoms with Gasteiger partial charge in [-0.15, -0.1) is 0 Å². The number of nitrogens with zero attached hydrogens (tertiary/aromatic N) is 1. The van der Waals surface area contributed by atoms with Crippen LogP contribution < -0.4 is 4.74 Å². The molecule has 1 aliphatic heterocycles. The van der Waals surface area contributed by atoms with Crippen molar-refractivity contribution in [3.63, 3.8) is 0 Å². The van der Waals surface area contributed by atoms with Crippen molar-refractivity contribution < 1.29 is 21.6 Å². The summed E-state index contributed by atoms with van der Waals surface area (Å²) in [7, 11) is -5.38. The van der Waals surface area contributed by atoms with Crippen LogP contribution in [0.15, 0.2) is 29.2 Å². The Labute approximate surface area is 125 Å². The highest BCUT2D eigenvalue weighted by atomic mass is 32.2. The topological polar surface area (TPSA) is 80.8 Å². The van der Waals surface area contributed by atoms with Crippen LogP contribution in [-0.4, -0.2) is 51.8 Å². The van der Waals surface area contributed by atoms with Crippen molar-refractivity contribution in [1.29, 1.82) is 0 Å². The lowest BCUT2D eigenvalue weighted by Gasteiger charge is -2.38. The maximum atomic E-state index is 12.4. The summed E-state index contributed by atoms with van der Waals surface area (Å²) in [6.45, 7) is 3.21. The van der Waals surface area contributed by atoms with Crippen molar-refractivity contribution >= 4 is 19.9 Å². The molecule has 0 aromatic heterocycles. The van der Waals surface area contributed by atoms with E-state index in [0.717, 1.165) is 0 Å². The molecule has 1 aliphatic rings. The Morgan fingerprint density at radius 3 is 2.05 bits per heavy atom. The van der Waals surface area contributed by atoms with Crippen LogP contribution in [0.3, 0.4) is 0 Å². The van der Waals surface area contributed by atoms with E-state index >= 15 is 0 Å². The van der Waals surface area contributed by atoms with Gasteiger partial charge in [-0.25, -0.2) is 16.8 Å². The highest BCUT2D eigenvalue weighted by Crippen LogP contribution is 2.28. The summed E-state index contributed by atoms with van der Waals surface area (Å²) < 4.78 is 54.8. The van der Waals surface area contributed by atoms with E-state index in [-0.39, 0.29) is 18.0 Å². The molecule has 0 saturated carbocycles. The van der Waals surface area contributed by atoms with Crippen molar-refractivity contribution in [1.82, 2.24) is 4.31 Å². The van der Waals surface area contributed by atoms with Crippen LogP contribution in [0.2, 0.25) is 0 Å². The molecule has 0 aliphatic carbocycles. The minimum atomic E-state index is -3.51. The highest BCUT2D eigenvalue weighted by molar-refractivity contribution is 7.93. The Morgan fingerprint density at radius 2 is 1.62 bits per heavy atom. The number of sulfone groups is 1. The molecule has 0 spiro atoms. The molecule has 8 heteroatoms. The number of rotatable bonds is 5. The number of hydrogen-bond acceptors (Lipinski definition) is 5. The molecule has 0 unspecified atom stereocenters. The average Bonchev–Trinajstić information content (AvgIpc) is 2.36. The smallest absolute Gasteiger partial charge is 0.216 e. The molecule has 1 aromatic rings. The maximum Gasteiger partial charge on any atom is 0.216 e. The zero-order valence-electron chi connectivity index (χ0n) is 12.2. The third kappa shape index (κ3) is 2.93. The van der Waals surface area contributed by atoms with Crippen LogP contribution in [0, 0.1) is 0 Å². The van der Waals surface area contributed by atoms with Gasteiger partial charge in [-0.3, -0.25) is 0 Å². The van der Waals surface area contributed by atoms with E-state index in [1.807, 2.05) is 0 Å². The summed E-state index contributed by atoms with van der Waals surface area (Å²) in [5.74, 6) is 0.576. The van der Waals surface area contributed by atoms with E-state index in [2.05, 4.69) is 0 Å². The van der Waals surface area contributed by atoms with Gasteiger partial charge in [-0.05, 0) is 38.1 Å². The SMILES string of the molecule is COc1ccc(S(=O)(=O)C2CN(S(=O)(=O)C(C)C)C2)cc1. The fraction of sp³-hybridized carbons (Fsp3) is 0.538. The maximum absolute atomic E-state index is 12.4. The second-order valence-electron chi connectivity index (χ2n) is 5.25. The Hall–Kier alpha value is -1.12. The van der Waals surface area contributed by atoms with Gasteiger partial charge in [0.2, 0.25) is 10.0 Å². The summed E-state index contributed by atoms with van der Waals surface area (Å²) in [6.07, 6.45) is 0. The number of sulfonamides is 1. The van der Waals surface area contributed by atoms with E-state index < -0.39 is 30.4 Å². The van der Waals surface area contributed by atoms with E-state index in [1.54, 1.807) is 26.0 Å². The first-order valence-corrected chi connectivity index (χ1v) is 9.61. The van der Waals surface area contributed by atoms with Crippen LogP contribution in [0.1, 0.15) is 13.8 Å². The standard InChI is InChI=1S/C13H19NO5S2/c1-10(2)21(17,18)14-8-13(9-14)20(15,16)12-6-4-11(19-3)5-7-12/h4-7,10,13H,8-9H2,1-3H3. The Balaban J connectivity index is 2.13. The quantitative estimate of drug-likeness (QED) is 0.799. The van der Waals surface area contributed by atoms with Gasteiger partial charge in [-0.1, -0.05) is 0 Å². The molecule has 118 valence electrons. The van der Waals surface area contributed by atoms with Crippen molar-refractivity contribution in [3.8, 4) is 5.75 Å². The fourth-order valence-electron chi connectivity index (χ4n) is 2.06. The zero-order valence-corrected chi connectivity index (χ0v) is 13.8. The molecule has 0 atom stereocenters. The van der Waals surface area contributed by atoms with Crippen LogP contribution in [-0.2, 0) is 19.9 Å². The minimum Gasteiger partial charge on any atom is -0.497 e. The minimum absolute atomic E-state index is 0.0227. The monoisotopic (exact) mass is 333 g/mol. The second kappa shape index (κ2) is 5.58. The zero-order chi connectivity index (χ0) is 15.8. The van der Waals surface area contributed by atoms with Crippen LogP contribution >= 0.6 is 0 Å². The lowest BCUT2D eigenvalue weighted by molar-refractivity contribution is 0.307. The Morgan fingerprint density at radius 1 is 1.10 bits per heavy atom. The molecular weight excluding hydrogens is 314 g/mol. The highest BCUT2D eigenvalue weighted by Gasteiger charge is 2.44. The van der Waals surface area contributed by atoms with E-state index in [4.69, 9.17) is 4.74 Å². The van der Waals surface area contributed by atoms with Crippen LogP contribution in [0.25, 0.3) is 0 Å². The van der Waals surface area contributed by atoms with Gasteiger partial charge in [0.1, 0.15) is 5.75 Å². The fourth-order valence-corrected chi connectivity index (χ4v) is 5.27. The molecule has 0 N–H and O–H groups in total. The molecular formula is C13H19NO5S2. The second-order valence-corrected chi connectivity index (χ2v) is 9.97. The van der Waals surface area contributed by atoms with Gasteiger partial charge >= 0.3 is 0 Å². The average molecular weight is 333 g/mol.